The molecule has 4 N–H and O–H groups in total. The molecular formula is C12H14N4O5. The molecule has 0 radical (unpaired) electrons. The van der Waals surface area contributed by atoms with E-state index in [0.717, 1.165) is 25.1 Å². The summed E-state index contributed by atoms with van der Waals surface area (Å²) in [5.74, 6) is -2.00. The van der Waals surface area contributed by atoms with Crippen LogP contribution in [0, 0.1) is 10.1 Å². The van der Waals surface area contributed by atoms with Crippen LogP contribution in [-0.4, -0.2) is 32.4 Å². The van der Waals surface area contributed by atoms with Crippen LogP contribution in [0.1, 0.15) is 36.0 Å². The number of carbonyl (C=O) groups is 2. The lowest BCUT2D eigenvalue weighted by atomic mass is 9.97. The Hall–Kier alpha value is -2.71. The quantitative estimate of drug-likeness (QED) is 0.539. The van der Waals surface area contributed by atoms with E-state index in [1.54, 1.807) is 0 Å². The molecule has 0 aliphatic heterocycles. The van der Waals surface area contributed by atoms with Gasteiger partial charge in [0.05, 0.1) is 10.5 Å². The number of pyridine rings is 1. The number of nitro groups is 1. The van der Waals surface area contributed by atoms with E-state index in [4.69, 9.17) is 5.73 Å². The number of aliphatic carboxylic acids is 1. The zero-order chi connectivity index (χ0) is 15.6. The maximum absolute atomic E-state index is 11.5. The molecule has 1 aliphatic carbocycles. The fraction of sp³-hybridized carbons (Fsp3) is 0.417. The van der Waals surface area contributed by atoms with Crippen molar-refractivity contribution in [2.75, 3.05) is 5.32 Å². The standard InChI is InChI=1S/C12H14N4O5/c13-9(17)8-5-7(16(20)21)6-14-10(8)15-12(11(18)19)3-1-2-4-12/h5-6H,1-4H2,(H2,13,17)(H,14,15)(H,18,19). The topological polar surface area (TPSA) is 148 Å². The third-order valence-corrected chi connectivity index (χ3v) is 3.57. The first-order valence-electron chi connectivity index (χ1n) is 6.31. The second-order valence-corrected chi connectivity index (χ2v) is 4.93. The van der Waals surface area contributed by atoms with Gasteiger partial charge >= 0.3 is 5.97 Å². The lowest BCUT2D eigenvalue weighted by Gasteiger charge is -2.26. The summed E-state index contributed by atoms with van der Waals surface area (Å²) in [4.78, 5) is 36.7. The number of nitrogens with two attached hydrogens (primary N) is 1. The van der Waals surface area contributed by atoms with Crippen molar-refractivity contribution in [3.05, 3.63) is 27.9 Å². The number of carboxylic acids is 1. The molecule has 0 aromatic carbocycles. The van der Waals surface area contributed by atoms with Crippen LogP contribution in [0.2, 0.25) is 0 Å². The number of carboxylic acid groups (broad SMARTS) is 1. The Bertz CT molecular complexity index is 610. The maximum Gasteiger partial charge on any atom is 0.329 e. The minimum Gasteiger partial charge on any atom is -0.480 e. The molecule has 1 saturated carbocycles. The van der Waals surface area contributed by atoms with Gasteiger partial charge in [-0.05, 0) is 12.8 Å². The number of anilines is 1. The predicted octanol–water partition coefficient (Wildman–Crippen LogP) is 0.898. The van der Waals surface area contributed by atoms with Crippen LogP contribution in [0.4, 0.5) is 11.5 Å². The van der Waals surface area contributed by atoms with E-state index in [9.17, 15) is 24.8 Å². The molecule has 1 aromatic rings. The number of hydrogen-bond acceptors (Lipinski definition) is 6. The first kappa shape index (κ1) is 14.7. The van der Waals surface area contributed by atoms with Crippen LogP contribution in [0.15, 0.2) is 12.3 Å². The molecule has 21 heavy (non-hydrogen) atoms. The van der Waals surface area contributed by atoms with Crippen molar-refractivity contribution in [1.82, 2.24) is 4.98 Å². The van der Waals surface area contributed by atoms with E-state index < -0.39 is 22.3 Å². The first-order valence-corrected chi connectivity index (χ1v) is 6.31. The summed E-state index contributed by atoms with van der Waals surface area (Å²) in [6, 6.07) is 0.988. The normalized spacial score (nSPS) is 16.4. The number of carbonyl (C=O) groups excluding carboxylic acids is 1. The van der Waals surface area contributed by atoms with Crippen LogP contribution in [0.3, 0.4) is 0 Å². The van der Waals surface area contributed by atoms with Gasteiger partial charge in [0.25, 0.3) is 11.6 Å². The second-order valence-electron chi connectivity index (χ2n) is 4.93. The van der Waals surface area contributed by atoms with Gasteiger partial charge in [-0.3, -0.25) is 14.9 Å². The predicted molar refractivity (Wildman–Crippen MR) is 71.9 cm³/mol. The van der Waals surface area contributed by atoms with E-state index in [1.165, 1.54) is 0 Å². The van der Waals surface area contributed by atoms with Crippen molar-refractivity contribution in [3.63, 3.8) is 0 Å². The molecule has 112 valence electrons. The Morgan fingerprint density at radius 3 is 2.52 bits per heavy atom. The van der Waals surface area contributed by atoms with Crippen LogP contribution >= 0.6 is 0 Å². The molecule has 2 rings (SSSR count). The maximum atomic E-state index is 11.5. The molecule has 0 saturated heterocycles. The minimum atomic E-state index is -1.21. The zero-order valence-corrected chi connectivity index (χ0v) is 11.0. The van der Waals surface area contributed by atoms with Gasteiger partial charge in [-0.15, -0.1) is 0 Å². The molecule has 1 aliphatic rings. The summed E-state index contributed by atoms with van der Waals surface area (Å²) in [5, 5.41) is 22.8. The zero-order valence-electron chi connectivity index (χ0n) is 11.0. The van der Waals surface area contributed by atoms with Gasteiger partial charge in [0.1, 0.15) is 17.6 Å². The average molecular weight is 294 g/mol. The van der Waals surface area contributed by atoms with Crippen molar-refractivity contribution >= 4 is 23.4 Å². The number of primary amides is 1. The molecule has 1 heterocycles. The summed E-state index contributed by atoms with van der Waals surface area (Å²) >= 11 is 0. The highest BCUT2D eigenvalue weighted by Gasteiger charge is 2.42. The molecule has 0 bridgehead atoms. The first-order chi connectivity index (χ1) is 9.85. The molecule has 9 nitrogen and oxygen atoms in total. The van der Waals surface area contributed by atoms with Crippen molar-refractivity contribution in [3.8, 4) is 0 Å². The van der Waals surface area contributed by atoms with E-state index in [2.05, 4.69) is 10.3 Å². The third kappa shape index (κ3) is 2.76. The number of aromatic nitrogens is 1. The van der Waals surface area contributed by atoms with Crippen molar-refractivity contribution in [2.45, 2.75) is 31.2 Å². The molecule has 9 heteroatoms. The number of nitrogens with one attached hydrogen (secondary N) is 1. The molecule has 0 spiro atoms. The highest BCUT2D eigenvalue weighted by Crippen LogP contribution is 2.34. The number of nitrogens with zero attached hydrogens (tertiary/aromatic N) is 2. The fourth-order valence-electron chi connectivity index (χ4n) is 2.44. The Kier molecular flexibility index (Phi) is 3.74. The monoisotopic (exact) mass is 294 g/mol. The molecule has 1 amide bonds. The fourth-order valence-corrected chi connectivity index (χ4v) is 2.44. The van der Waals surface area contributed by atoms with Gasteiger partial charge in [-0.1, -0.05) is 12.8 Å². The highest BCUT2D eigenvalue weighted by molar-refractivity contribution is 5.99. The lowest BCUT2D eigenvalue weighted by Crippen LogP contribution is -2.44. The highest BCUT2D eigenvalue weighted by atomic mass is 16.6. The van der Waals surface area contributed by atoms with Crippen LogP contribution in [0.5, 0.6) is 0 Å². The molecule has 1 aromatic heterocycles. The van der Waals surface area contributed by atoms with Crippen molar-refractivity contribution in [2.24, 2.45) is 5.73 Å². The Labute approximate surface area is 119 Å². The average Bonchev–Trinajstić information content (AvgIpc) is 2.88. The van der Waals surface area contributed by atoms with Gasteiger partial charge in [0.15, 0.2) is 0 Å². The molecule has 0 atom stereocenters. The minimum absolute atomic E-state index is 0.0441. The summed E-state index contributed by atoms with van der Waals surface area (Å²) in [5.41, 5.74) is 3.39. The lowest BCUT2D eigenvalue weighted by molar-refractivity contribution is -0.385. The van der Waals surface area contributed by atoms with Gasteiger partial charge in [0, 0.05) is 6.07 Å². The van der Waals surface area contributed by atoms with Crippen LogP contribution in [-0.2, 0) is 4.79 Å². The summed E-state index contributed by atoms with van der Waals surface area (Å²) in [6.07, 6.45) is 3.20. The van der Waals surface area contributed by atoms with Crippen LogP contribution < -0.4 is 11.1 Å². The van der Waals surface area contributed by atoms with Crippen molar-refractivity contribution in [1.29, 1.82) is 0 Å². The van der Waals surface area contributed by atoms with Gasteiger partial charge in [-0.25, -0.2) is 9.78 Å². The van der Waals surface area contributed by atoms with E-state index >= 15 is 0 Å². The van der Waals surface area contributed by atoms with Gasteiger partial charge < -0.3 is 16.2 Å². The largest absolute Gasteiger partial charge is 0.480 e. The second kappa shape index (κ2) is 5.35. The smallest absolute Gasteiger partial charge is 0.329 e. The number of hydrogen-bond donors (Lipinski definition) is 3. The molecule has 0 unspecified atom stereocenters. The SMILES string of the molecule is NC(=O)c1cc([N+](=O)[O-])cnc1NC1(C(=O)O)CCCC1. The number of rotatable bonds is 5. The number of amides is 1. The Morgan fingerprint density at radius 1 is 1.43 bits per heavy atom. The Balaban J connectivity index is 2.41. The van der Waals surface area contributed by atoms with E-state index in [-0.39, 0.29) is 17.1 Å². The van der Waals surface area contributed by atoms with Gasteiger partial charge in [-0.2, -0.15) is 0 Å². The molecular weight excluding hydrogens is 280 g/mol. The Morgan fingerprint density at radius 2 is 2.05 bits per heavy atom. The van der Waals surface area contributed by atoms with E-state index in [1.807, 2.05) is 0 Å². The third-order valence-electron chi connectivity index (χ3n) is 3.57. The van der Waals surface area contributed by atoms with Crippen molar-refractivity contribution < 1.29 is 19.6 Å². The van der Waals surface area contributed by atoms with Gasteiger partial charge in [0.2, 0.25) is 0 Å². The summed E-state index contributed by atoms with van der Waals surface area (Å²) < 4.78 is 0. The van der Waals surface area contributed by atoms with E-state index in [0.29, 0.717) is 12.8 Å². The van der Waals surface area contributed by atoms with Crippen LogP contribution in [0.25, 0.3) is 0 Å². The molecule has 1 fully saturated rings. The summed E-state index contributed by atoms with van der Waals surface area (Å²) in [7, 11) is 0. The summed E-state index contributed by atoms with van der Waals surface area (Å²) in [6.45, 7) is 0.